The minimum absolute atomic E-state index is 0.137. The number of nitrogens with zero attached hydrogens (tertiary/aromatic N) is 2. The second-order valence-corrected chi connectivity index (χ2v) is 5.37. The third kappa shape index (κ3) is 3.73. The fourth-order valence-electron chi connectivity index (χ4n) is 1.32. The van der Waals surface area contributed by atoms with Gasteiger partial charge in [-0.3, -0.25) is 10.1 Å². The van der Waals surface area contributed by atoms with E-state index < -0.39 is 0 Å². The van der Waals surface area contributed by atoms with Crippen LogP contribution in [0.25, 0.3) is 0 Å². The van der Waals surface area contributed by atoms with E-state index in [1.807, 2.05) is 23.2 Å². The Morgan fingerprint density at radius 2 is 2.11 bits per heavy atom. The van der Waals surface area contributed by atoms with Crippen molar-refractivity contribution in [3.63, 3.8) is 0 Å². The van der Waals surface area contributed by atoms with Crippen molar-refractivity contribution in [2.45, 2.75) is 0 Å². The number of carbonyl (C=O) groups is 1. The number of thiocarbonyl (C=S) groups is 1. The van der Waals surface area contributed by atoms with Crippen LogP contribution in [0.15, 0.2) is 40.8 Å². The van der Waals surface area contributed by atoms with Gasteiger partial charge < -0.3 is 4.57 Å². The maximum absolute atomic E-state index is 11.9. The third-order valence-electron chi connectivity index (χ3n) is 2.28. The Morgan fingerprint density at radius 3 is 2.68 bits per heavy atom. The number of thiazole rings is 1. The second kappa shape index (κ2) is 6.10. The van der Waals surface area contributed by atoms with Gasteiger partial charge in [-0.05, 0) is 36.5 Å². The molecule has 98 valence electrons. The van der Waals surface area contributed by atoms with Crippen LogP contribution in [0.5, 0.6) is 0 Å². The summed E-state index contributed by atoms with van der Waals surface area (Å²) in [6, 6.07) is 6.56. The zero-order valence-corrected chi connectivity index (χ0v) is 12.4. The van der Waals surface area contributed by atoms with Crippen LogP contribution in [0.2, 0.25) is 5.02 Å². The monoisotopic (exact) mass is 311 g/mol. The lowest BCUT2D eigenvalue weighted by atomic mass is 10.2. The van der Waals surface area contributed by atoms with Crippen molar-refractivity contribution in [2.24, 2.45) is 12.0 Å². The molecule has 0 aliphatic heterocycles. The van der Waals surface area contributed by atoms with Gasteiger partial charge in [-0.2, -0.15) is 4.99 Å². The molecule has 7 heteroatoms. The molecule has 19 heavy (non-hydrogen) atoms. The van der Waals surface area contributed by atoms with Gasteiger partial charge in [-0.1, -0.05) is 11.6 Å². The number of rotatable bonds is 1. The molecule has 1 amide bonds. The highest BCUT2D eigenvalue weighted by Gasteiger charge is 2.06. The van der Waals surface area contributed by atoms with Crippen LogP contribution in [0.1, 0.15) is 10.4 Å². The molecule has 1 N–H and O–H groups in total. The molecule has 2 aromatic rings. The SMILES string of the molecule is Cn1ccs/c1=N\C(=S)NC(=O)c1ccc(Cl)cc1. The van der Waals surface area contributed by atoms with Crippen molar-refractivity contribution < 1.29 is 4.79 Å². The number of carbonyl (C=O) groups excluding carboxylic acids is 1. The lowest BCUT2D eigenvalue weighted by molar-refractivity contribution is 0.0977. The summed E-state index contributed by atoms with van der Waals surface area (Å²) in [5.74, 6) is -0.301. The topological polar surface area (TPSA) is 46.4 Å². The van der Waals surface area contributed by atoms with Crippen LogP contribution in [0, 0.1) is 0 Å². The average molecular weight is 312 g/mol. The van der Waals surface area contributed by atoms with E-state index in [4.69, 9.17) is 23.8 Å². The molecule has 2 rings (SSSR count). The molecule has 0 atom stereocenters. The molecule has 0 unspecified atom stereocenters. The zero-order valence-electron chi connectivity index (χ0n) is 9.96. The Labute approximate surface area is 124 Å². The molecule has 0 radical (unpaired) electrons. The Hall–Kier alpha value is -1.50. The largest absolute Gasteiger partial charge is 0.327 e. The summed E-state index contributed by atoms with van der Waals surface area (Å²) in [7, 11) is 1.86. The van der Waals surface area contributed by atoms with Gasteiger partial charge in [0.2, 0.25) is 5.11 Å². The van der Waals surface area contributed by atoms with E-state index in [1.165, 1.54) is 11.3 Å². The molecule has 0 saturated carbocycles. The van der Waals surface area contributed by atoms with Crippen molar-refractivity contribution in [3.8, 4) is 0 Å². The zero-order chi connectivity index (χ0) is 13.8. The highest BCUT2D eigenvalue weighted by molar-refractivity contribution is 7.80. The number of hydrogen-bond acceptors (Lipinski definition) is 3. The molecule has 0 spiro atoms. The fourth-order valence-corrected chi connectivity index (χ4v) is 2.42. The summed E-state index contributed by atoms with van der Waals surface area (Å²) in [4.78, 5) is 16.8. The molecule has 0 aliphatic rings. The summed E-state index contributed by atoms with van der Waals surface area (Å²) in [6.07, 6.45) is 1.87. The molecule has 1 aromatic carbocycles. The molecule has 0 fully saturated rings. The Kier molecular flexibility index (Phi) is 4.47. The van der Waals surface area contributed by atoms with Crippen LogP contribution >= 0.6 is 35.2 Å². The van der Waals surface area contributed by atoms with Gasteiger partial charge in [0.05, 0.1) is 0 Å². The Morgan fingerprint density at radius 1 is 1.42 bits per heavy atom. The van der Waals surface area contributed by atoms with E-state index in [1.54, 1.807) is 24.3 Å². The van der Waals surface area contributed by atoms with Gasteiger partial charge in [0.15, 0.2) is 4.80 Å². The number of hydrogen-bond donors (Lipinski definition) is 1. The van der Waals surface area contributed by atoms with Crippen LogP contribution in [-0.2, 0) is 7.05 Å². The number of benzene rings is 1. The predicted molar refractivity (Wildman–Crippen MR) is 80.4 cm³/mol. The van der Waals surface area contributed by atoms with Gasteiger partial charge >= 0.3 is 0 Å². The second-order valence-electron chi connectivity index (χ2n) is 3.67. The van der Waals surface area contributed by atoms with E-state index in [-0.39, 0.29) is 11.0 Å². The van der Waals surface area contributed by atoms with Gasteiger partial charge in [0.1, 0.15) is 0 Å². The molecule has 0 saturated heterocycles. The fraction of sp³-hybridized carbons (Fsp3) is 0.0833. The Bertz CT molecular complexity index is 673. The molecule has 4 nitrogen and oxygen atoms in total. The van der Waals surface area contributed by atoms with E-state index in [0.29, 0.717) is 10.6 Å². The highest BCUT2D eigenvalue weighted by atomic mass is 35.5. The van der Waals surface area contributed by atoms with Crippen molar-refractivity contribution in [3.05, 3.63) is 51.2 Å². The van der Waals surface area contributed by atoms with Crippen LogP contribution in [0.3, 0.4) is 0 Å². The smallest absolute Gasteiger partial charge is 0.257 e. The summed E-state index contributed by atoms with van der Waals surface area (Å²) >= 11 is 12.2. The predicted octanol–water partition coefficient (Wildman–Crippen LogP) is 2.36. The van der Waals surface area contributed by atoms with Crippen LogP contribution in [0.4, 0.5) is 0 Å². The number of halogens is 1. The van der Waals surface area contributed by atoms with Crippen LogP contribution in [-0.4, -0.2) is 15.6 Å². The molecule has 1 heterocycles. The minimum Gasteiger partial charge on any atom is -0.327 e. The van der Waals surface area contributed by atoms with Crippen molar-refractivity contribution in [2.75, 3.05) is 0 Å². The first kappa shape index (κ1) is 13.9. The van der Waals surface area contributed by atoms with E-state index >= 15 is 0 Å². The maximum Gasteiger partial charge on any atom is 0.257 e. The number of aryl methyl sites for hydroxylation is 1. The van der Waals surface area contributed by atoms with E-state index in [2.05, 4.69) is 10.3 Å². The standard InChI is InChI=1S/C12H10ClN3OS2/c1-16-6-7-19-12(16)15-11(18)14-10(17)8-2-4-9(13)5-3-8/h2-7H,1H3,(H,14,17,18)/b15-12-. The molecule has 0 aliphatic carbocycles. The molecular weight excluding hydrogens is 302 g/mol. The minimum atomic E-state index is -0.301. The first-order valence-electron chi connectivity index (χ1n) is 5.32. The van der Waals surface area contributed by atoms with Crippen LogP contribution < -0.4 is 10.1 Å². The summed E-state index contributed by atoms with van der Waals surface area (Å²) in [6.45, 7) is 0. The normalized spacial score (nSPS) is 11.4. The lowest BCUT2D eigenvalue weighted by Gasteiger charge is -2.02. The van der Waals surface area contributed by atoms with Crippen molar-refractivity contribution >= 4 is 46.2 Å². The van der Waals surface area contributed by atoms with Crippen molar-refractivity contribution in [1.82, 2.24) is 9.88 Å². The molecular formula is C12H10ClN3OS2. The Balaban J connectivity index is 2.10. The molecule has 1 aromatic heterocycles. The maximum atomic E-state index is 11.9. The number of amides is 1. The summed E-state index contributed by atoms with van der Waals surface area (Å²) < 4.78 is 1.82. The van der Waals surface area contributed by atoms with Gasteiger partial charge in [0, 0.05) is 29.2 Å². The number of nitrogens with one attached hydrogen (secondary N) is 1. The van der Waals surface area contributed by atoms with Gasteiger partial charge in [0.25, 0.3) is 5.91 Å². The highest BCUT2D eigenvalue weighted by Crippen LogP contribution is 2.09. The average Bonchev–Trinajstić information content (AvgIpc) is 2.75. The third-order valence-corrected chi connectivity index (χ3v) is 3.58. The summed E-state index contributed by atoms with van der Waals surface area (Å²) in [5.41, 5.74) is 0.484. The first-order chi connectivity index (χ1) is 9.06. The number of aromatic nitrogens is 1. The van der Waals surface area contributed by atoms with Crippen molar-refractivity contribution in [1.29, 1.82) is 0 Å². The lowest BCUT2D eigenvalue weighted by Crippen LogP contribution is -2.29. The van der Waals surface area contributed by atoms with Gasteiger partial charge in [-0.25, -0.2) is 0 Å². The van der Waals surface area contributed by atoms with E-state index in [0.717, 1.165) is 4.80 Å². The molecule has 0 bridgehead atoms. The first-order valence-corrected chi connectivity index (χ1v) is 6.98. The quantitative estimate of drug-likeness (QED) is 0.822. The summed E-state index contributed by atoms with van der Waals surface area (Å²) in [5, 5.41) is 5.16. The van der Waals surface area contributed by atoms with Gasteiger partial charge in [-0.15, -0.1) is 11.3 Å². The van der Waals surface area contributed by atoms with E-state index in [9.17, 15) is 4.79 Å².